The molecule has 1 aromatic carbocycles. The molecule has 19 heavy (non-hydrogen) atoms. The van der Waals surface area contributed by atoms with Crippen molar-refractivity contribution in [3.63, 3.8) is 0 Å². The average molecular weight is 259 g/mol. The van der Waals surface area contributed by atoms with Crippen LogP contribution in [0.5, 0.6) is 5.75 Å². The van der Waals surface area contributed by atoms with Gasteiger partial charge in [-0.3, -0.25) is 0 Å². The van der Waals surface area contributed by atoms with Crippen LogP contribution < -0.4 is 10.1 Å². The smallest absolute Gasteiger partial charge is 0.332 e. The van der Waals surface area contributed by atoms with Crippen molar-refractivity contribution in [1.82, 2.24) is 0 Å². The van der Waals surface area contributed by atoms with Crippen LogP contribution in [0.4, 0.5) is 5.69 Å². The van der Waals surface area contributed by atoms with Crippen molar-refractivity contribution >= 4 is 11.7 Å². The Bertz CT molecular complexity index is 500. The fourth-order valence-electron chi connectivity index (χ4n) is 1.42. The van der Waals surface area contributed by atoms with Gasteiger partial charge in [0.25, 0.3) is 0 Å². The predicted molar refractivity (Wildman–Crippen MR) is 74.8 cm³/mol. The van der Waals surface area contributed by atoms with Gasteiger partial charge < -0.3 is 14.8 Å². The molecule has 4 nitrogen and oxygen atoms in total. The van der Waals surface area contributed by atoms with E-state index in [0.29, 0.717) is 18.1 Å². The van der Waals surface area contributed by atoms with Crippen LogP contribution in [-0.4, -0.2) is 19.2 Å². The summed E-state index contributed by atoms with van der Waals surface area (Å²) in [6.45, 7) is 4.08. The lowest BCUT2D eigenvalue weighted by molar-refractivity contribution is -0.137. The zero-order chi connectivity index (χ0) is 14.1. The normalized spacial score (nSPS) is 10.5. The van der Waals surface area contributed by atoms with Crippen molar-refractivity contribution in [2.24, 2.45) is 0 Å². The van der Waals surface area contributed by atoms with Crippen molar-refractivity contribution in [3.05, 3.63) is 36.0 Å². The summed E-state index contributed by atoms with van der Waals surface area (Å²) in [4.78, 5) is 11.3. The molecule has 1 rings (SSSR count). The highest BCUT2D eigenvalue weighted by Crippen LogP contribution is 2.24. The summed E-state index contributed by atoms with van der Waals surface area (Å²) in [6, 6.07) is 7.36. The van der Waals surface area contributed by atoms with Gasteiger partial charge in [0, 0.05) is 11.8 Å². The number of terminal acetylenes is 1. The average Bonchev–Trinajstić information content (AvgIpc) is 2.37. The molecular formula is C15H17NO3. The molecule has 0 aliphatic rings. The Labute approximate surface area is 113 Å². The number of hydrogen-bond donors (Lipinski definition) is 1. The van der Waals surface area contributed by atoms with Gasteiger partial charge in [0.05, 0.1) is 12.3 Å². The Morgan fingerprint density at radius 2 is 2.21 bits per heavy atom. The molecular weight excluding hydrogens is 242 g/mol. The minimum absolute atomic E-state index is 0.194. The summed E-state index contributed by atoms with van der Waals surface area (Å²) >= 11 is 0. The first-order chi connectivity index (χ1) is 9.17. The maximum Gasteiger partial charge on any atom is 0.332 e. The van der Waals surface area contributed by atoms with E-state index in [1.54, 1.807) is 19.9 Å². The summed E-state index contributed by atoms with van der Waals surface area (Å²) in [6.07, 6.45) is 6.55. The van der Waals surface area contributed by atoms with Gasteiger partial charge in [-0.1, -0.05) is 18.1 Å². The maximum absolute atomic E-state index is 11.3. The molecule has 0 saturated carbocycles. The molecule has 0 heterocycles. The van der Waals surface area contributed by atoms with Gasteiger partial charge in [0.15, 0.2) is 0 Å². The molecule has 1 aromatic rings. The van der Waals surface area contributed by atoms with Crippen molar-refractivity contribution in [2.45, 2.75) is 13.8 Å². The summed E-state index contributed by atoms with van der Waals surface area (Å²) < 4.78 is 10.2. The highest BCUT2D eigenvalue weighted by atomic mass is 16.5. The molecule has 0 bridgehead atoms. The number of ether oxygens (including phenoxy) is 2. The van der Waals surface area contributed by atoms with Crippen molar-refractivity contribution in [3.8, 4) is 18.1 Å². The van der Waals surface area contributed by atoms with Crippen molar-refractivity contribution < 1.29 is 14.3 Å². The molecule has 0 fully saturated rings. The largest absolute Gasteiger partial charge is 0.479 e. The Morgan fingerprint density at radius 3 is 2.89 bits per heavy atom. The van der Waals surface area contributed by atoms with Crippen LogP contribution in [-0.2, 0) is 9.53 Å². The molecule has 0 saturated heterocycles. The van der Waals surface area contributed by atoms with E-state index in [4.69, 9.17) is 15.9 Å². The molecule has 0 aromatic heterocycles. The second-order valence-electron chi connectivity index (χ2n) is 3.69. The van der Waals surface area contributed by atoms with Gasteiger partial charge in [-0.05, 0) is 26.0 Å². The van der Waals surface area contributed by atoms with Gasteiger partial charge >= 0.3 is 5.97 Å². The van der Waals surface area contributed by atoms with Crippen LogP contribution in [0.15, 0.2) is 36.0 Å². The Morgan fingerprint density at radius 1 is 1.47 bits per heavy atom. The number of para-hydroxylation sites is 2. The number of benzene rings is 1. The van der Waals surface area contributed by atoms with Crippen molar-refractivity contribution in [1.29, 1.82) is 0 Å². The number of anilines is 1. The lowest BCUT2D eigenvalue weighted by Gasteiger charge is -2.11. The number of rotatable bonds is 6. The monoisotopic (exact) mass is 259 g/mol. The zero-order valence-electron chi connectivity index (χ0n) is 11.1. The fourth-order valence-corrected chi connectivity index (χ4v) is 1.42. The van der Waals surface area contributed by atoms with Gasteiger partial charge in [0.1, 0.15) is 12.4 Å². The van der Waals surface area contributed by atoms with Crippen LogP contribution in [0.25, 0.3) is 0 Å². The standard InChI is InChI=1S/C15H17NO3/c1-4-10-19-14-9-7-6-8-13(14)16-12(3)11-15(17)18-5-2/h1,6-9,11,16H,5,10H2,2-3H3/b12-11-. The van der Waals surface area contributed by atoms with E-state index in [-0.39, 0.29) is 12.6 Å². The Balaban J connectivity index is 2.76. The summed E-state index contributed by atoms with van der Waals surface area (Å²) in [5.74, 6) is 2.66. The second-order valence-corrected chi connectivity index (χ2v) is 3.69. The topological polar surface area (TPSA) is 47.6 Å². The predicted octanol–water partition coefficient (Wildman–Crippen LogP) is 2.58. The number of nitrogens with one attached hydrogen (secondary N) is 1. The van der Waals surface area contributed by atoms with Crippen LogP contribution >= 0.6 is 0 Å². The summed E-state index contributed by atoms with van der Waals surface area (Å²) in [5.41, 5.74) is 1.41. The van der Waals surface area contributed by atoms with E-state index in [0.717, 1.165) is 5.69 Å². The van der Waals surface area contributed by atoms with E-state index in [1.165, 1.54) is 6.08 Å². The van der Waals surface area contributed by atoms with Crippen LogP contribution in [0.3, 0.4) is 0 Å². The summed E-state index contributed by atoms with van der Waals surface area (Å²) in [5, 5.41) is 3.08. The number of allylic oxidation sites excluding steroid dienone is 1. The fraction of sp³-hybridized carbons (Fsp3) is 0.267. The first-order valence-electron chi connectivity index (χ1n) is 5.94. The lowest BCUT2D eigenvalue weighted by Crippen LogP contribution is -2.05. The third-order valence-electron chi connectivity index (χ3n) is 2.15. The molecule has 0 atom stereocenters. The Hall–Kier alpha value is -2.41. The first kappa shape index (κ1) is 14.7. The number of esters is 1. The quantitative estimate of drug-likeness (QED) is 0.484. The van der Waals surface area contributed by atoms with Crippen LogP contribution in [0.1, 0.15) is 13.8 Å². The van der Waals surface area contributed by atoms with E-state index >= 15 is 0 Å². The molecule has 0 unspecified atom stereocenters. The third kappa shape index (κ3) is 5.17. The van der Waals surface area contributed by atoms with E-state index in [2.05, 4.69) is 11.2 Å². The molecule has 0 aliphatic carbocycles. The molecule has 1 N–H and O–H groups in total. The Kier molecular flexibility index (Phi) is 6.04. The van der Waals surface area contributed by atoms with Gasteiger partial charge in [-0.15, -0.1) is 6.42 Å². The SMILES string of the molecule is C#CCOc1ccccc1N/C(C)=C\C(=O)OCC. The van der Waals surface area contributed by atoms with E-state index in [9.17, 15) is 4.79 Å². The molecule has 0 radical (unpaired) electrons. The minimum atomic E-state index is -0.380. The van der Waals surface area contributed by atoms with Gasteiger partial charge in [0.2, 0.25) is 0 Å². The van der Waals surface area contributed by atoms with E-state index < -0.39 is 0 Å². The number of carbonyl (C=O) groups excluding carboxylic acids is 1. The molecule has 0 amide bonds. The van der Waals surface area contributed by atoms with Gasteiger partial charge in [-0.25, -0.2) is 4.79 Å². The maximum atomic E-state index is 11.3. The first-order valence-corrected chi connectivity index (χ1v) is 5.94. The number of carbonyl (C=O) groups is 1. The van der Waals surface area contributed by atoms with Crippen molar-refractivity contribution in [2.75, 3.05) is 18.5 Å². The highest BCUT2D eigenvalue weighted by Gasteiger charge is 2.04. The third-order valence-corrected chi connectivity index (χ3v) is 2.15. The van der Waals surface area contributed by atoms with E-state index in [1.807, 2.05) is 18.2 Å². The lowest BCUT2D eigenvalue weighted by atomic mass is 10.2. The molecule has 100 valence electrons. The summed E-state index contributed by atoms with van der Waals surface area (Å²) in [7, 11) is 0. The molecule has 0 aliphatic heterocycles. The van der Waals surface area contributed by atoms with Crippen LogP contribution in [0, 0.1) is 12.3 Å². The molecule has 4 heteroatoms. The van der Waals surface area contributed by atoms with Crippen LogP contribution in [0.2, 0.25) is 0 Å². The second kappa shape index (κ2) is 7.83. The highest BCUT2D eigenvalue weighted by molar-refractivity contribution is 5.83. The van der Waals surface area contributed by atoms with Gasteiger partial charge in [-0.2, -0.15) is 0 Å². The zero-order valence-corrected chi connectivity index (χ0v) is 11.1. The minimum Gasteiger partial charge on any atom is -0.479 e. The molecule has 0 spiro atoms. The number of hydrogen-bond acceptors (Lipinski definition) is 4.